The lowest BCUT2D eigenvalue weighted by Crippen LogP contribution is -2.43. The summed E-state index contributed by atoms with van der Waals surface area (Å²) >= 11 is 0. The number of ether oxygens (including phenoxy) is 2. The summed E-state index contributed by atoms with van der Waals surface area (Å²) < 4.78 is 10.7. The largest absolute Gasteiger partial charge is 0.495 e. The molecule has 0 aliphatic carbocycles. The Bertz CT molecular complexity index is 1080. The molecule has 2 aliphatic rings. The quantitative estimate of drug-likeness (QED) is 0.666. The molecule has 0 unspecified atom stereocenters. The van der Waals surface area contributed by atoms with E-state index in [4.69, 9.17) is 9.47 Å². The van der Waals surface area contributed by atoms with Crippen molar-refractivity contribution in [1.82, 2.24) is 5.01 Å². The number of nitrogens with zero attached hydrogens (tertiary/aromatic N) is 4. The van der Waals surface area contributed by atoms with Crippen LogP contribution in [0.5, 0.6) is 11.5 Å². The molecule has 3 amide bonds. The van der Waals surface area contributed by atoms with Gasteiger partial charge in [0.2, 0.25) is 5.91 Å². The van der Waals surface area contributed by atoms with Gasteiger partial charge in [-0.1, -0.05) is 11.3 Å². The molecular weight excluding hydrogens is 414 g/mol. The minimum atomic E-state index is -0.977. The first-order chi connectivity index (χ1) is 15.4. The smallest absolute Gasteiger partial charge is 0.263 e. The average Bonchev–Trinajstić information content (AvgIpc) is 3.29. The summed E-state index contributed by atoms with van der Waals surface area (Å²) in [6, 6.07) is 10.1. The predicted octanol–water partition coefficient (Wildman–Crippen LogP) is 2.33. The zero-order valence-corrected chi connectivity index (χ0v) is 17.9. The highest BCUT2D eigenvalue weighted by molar-refractivity contribution is 6.25. The van der Waals surface area contributed by atoms with Gasteiger partial charge in [0.25, 0.3) is 11.8 Å². The van der Waals surface area contributed by atoms with Gasteiger partial charge in [0.1, 0.15) is 18.0 Å². The van der Waals surface area contributed by atoms with Gasteiger partial charge in [0, 0.05) is 0 Å². The number of aryl methyl sites for hydroxylation is 1. The summed E-state index contributed by atoms with van der Waals surface area (Å²) in [6.07, 6.45) is 0. The maximum Gasteiger partial charge on any atom is 0.263 e. The summed E-state index contributed by atoms with van der Waals surface area (Å²) in [5.41, 5.74) is 1.88. The molecule has 1 N–H and O–H groups in total. The molecule has 10 heteroatoms. The van der Waals surface area contributed by atoms with Gasteiger partial charge in [-0.3, -0.25) is 19.4 Å². The van der Waals surface area contributed by atoms with Crippen molar-refractivity contribution >= 4 is 29.1 Å². The second kappa shape index (κ2) is 8.66. The number of hydrogen-bond donors (Lipinski definition) is 1. The summed E-state index contributed by atoms with van der Waals surface area (Å²) in [7, 11) is 1.51. The third-order valence-electron chi connectivity index (χ3n) is 5.20. The Morgan fingerprint density at radius 2 is 1.88 bits per heavy atom. The van der Waals surface area contributed by atoms with Crippen molar-refractivity contribution in [2.45, 2.75) is 25.9 Å². The van der Waals surface area contributed by atoms with Gasteiger partial charge in [-0.15, -0.1) is 0 Å². The Balaban J connectivity index is 1.47. The maximum atomic E-state index is 13.1. The lowest BCUT2D eigenvalue weighted by Gasteiger charge is -2.20. The van der Waals surface area contributed by atoms with Crippen LogP contribution in [0.2, 0.25) is 0 Å². The number of imide groups is 1. The Kier molecular flexibility index (Phi) is 5.76. The molecule has 0 radical (unpaired) electrons. The summed E-state index contributed by atoms with van der Waals surface area (Å²) in [4.78, 5) is 39.6. The summed E-state index contributed by atoms with van der Waals surface area (Å²) in [5.74, 6) is -0.210. The van der Waals surface area contributed by atoms with Crippen molar-refractivity contribution in [1.29, 1.82) is 0 Å². The molecule has 0 spiro atoms. The van der Waals surface area contributed by atoms with E-state index < -0.39 is 29.8 Å². The maximum absolute atomic E-state index is 13.1. The van der Waals surface area contributed by atoms with Crippen molar-refractivity contribution in [2.75, 3.05) is 30.5 Å². The van der Waals surface area contributed by atoms with Crippen molar-refractivity contribution in [2.24, 2.45) is 10.3 Å². The number of benzene rings is 2. The van der Waals surface area contributed by atoms with Gasteiger partial charge in [0.15, 0.2) is 12.1 Å². The monoisotopic (exact) mass is 437 g/mol. The third kappa shape index (κ3) is 3.86. The van der Waals surface area contributed by atoms with Crippen molar-refractivity contribution in [3.05, 3.63) is 48.0 Å². The molecule has 2 aromatic carbocycles. The number of methoxy groups -OCH3 is 1. The van der Waals surface area contributed by atoms with Crippen LogP contribution >= 0.6 is 0 Å². The topological polar surface area (TPSA) is 113 Å². The number of hydrogen-bond acceptors (Lipinski definition) is 8. The summed E-state index contributed by atoms with van der Waals surface area (Å²) in [6.45, 7) is 4.04. The van der Waals surface area contributed by atoms with E-state index in [2.05, 4.69) is 15.7 Å². The molecule has 32 heavy (non-hydrogen) atoms. The first-order valence-corrected chi connectivity index (χ1v) is 10.2. The van der Waals surface area contributed by atoms with E-state index in [9.17, 15) is 14.4 Å². The normalized spacial score (nSPS) is 19.3. The van der Waals surface area contributed by atoms with Crippen LogP contribution in [0.4, 0.5) is 11.4 Å². The Morgan fingerprint density at radius 3 is 2.56 bits per heavy atom. The fourth-order valence-electron chi connectivity index (χ4n) is 3.72. The van der Waals surface area contributed by atoms with Crippen molar-refractivity contribution in [3.8, 4) is 11.5 Å². The molecule has 1 fully saturated rings. The molecule has 10 nitrogen and oxygen atoms in total. The Hall–Kier alpha value is -3.95. The predicted molar refractivity (Wildman–Crippen MR) is 116 cm³/mol. The van der Waals surface area contributed by atoms with E-state index >= 15 is 0 Å². The minimum absolute atomic E-state index is 0.238. The van der Waals surface area contributed by atoms with Gasteiger partial charge in [-0.2, -0.15) is 5.11 Å². The van der Waals surface area contributed by atoms with E-state index in [1.165, 1.54) is 12.1 Å². The van der Waals surface area contributed by atoms with Crippen molar-refractivity contribution in [3.63, 3.8) is 0 Å². The Labute approximate surface area is 184 Å². The summed E-state index contributed by atoms with van der Waals surface area (Å²) in [5, 5.41) is 11.9. The van der Waals surface area contributed by atoms with Crippen LogP contribution < -0.4 is 19.7 Å². The number of carbonyl (C=O) groups excluding carboxylic acids is 3. The van der Waals surface area contributed by atoms with Crippen molar-refractivity contribution < 1.29 is 23.9 Å². The molecule has 0 aromatic heterocycles. The number of carbonyl (C=O) groups is 3. The van der Waals surface area contributed by atoms with Crippen LogP contribution in [0.15, 0.2) is 52.8 Å². The molecule has 1 saturated heterocycles. The minimum Gasteiger partial charge on any atom is -0.495 e. The van der Waals surface area contributed by atoms with Crippen LogP contribution in [-0.4, -0.2) is 55.1 Å². The van der Waals surface area contributed by atoms with E-state index in [0.717, 1.165) is 10.5 Å². The van der Waals surface area contributed by atoms with Gasteiger partial charge >= 0.3 is 0 Å². The van der Waals surface area contributed by atoms with Gasteiger partial charge in [0.05, 0.1) is 25.1 Å². The Morgan fingerprint density at radius 1 is 1.12 bits per heavy atom. The van der Waals surface area contributed by atoms with E-state index in [1.807, 2.05) is 19.9 Å². The zero-order valence-electron chi connectivity index (χ0n) is 17.9. The number of amides is 3. The molecule has 2 heterocycles. The average molecular weight is 437 g/mol. The SMILES string of the molecule is CCOc1ccc(N2C(=O)[C@H]3N=NN(CC(=O)Nc4cc(C)ccc4OC)[C@H]3C2=O)cc1. The number of rotatable bonds is 7. The first kappa shape index (κ1) is 21.3. The van der Waals surface area contributed by atoms with Gasteiger partial charge in [-0.25, -0.2) is 4.90 Å². The van der Waals surface area contributed by atoms with Gasteiger partial charge in [-0.05, 0) is 55.8 Å². The number of nitrogens with one attached hydrogen (secondary N) is 1. The van der Waals surface area contributed by atoms with Crippen LogP contribution in [0, 0.1) is 6.92 Å². The van der Waals surface area contributed by atoms with E-state index in [0.29, 0.717) is 29.5 Å². The molecule has 2 aromatic rings. The van der Waals surface area contributed by atoms with E-state index in [1.54, 1.807) is 36.4 Å². The third-order valence-corrected chi connectivity index (χ3v) is 5.20. The second-order valence-corrected chi connectivity index (χ2v) is 7.38. The highest BCUT2D eigenvalue weighted by Crippen LogP contribution is 2.33. The fraction of sp³-hybridized carbons (Fsp3) is 0.318. The van der Waals surface area contributed by atoms with Crippen LogP contribution in [0.3, 0.4) is 0 Å². The fourth-order valence-corrected chi connectivity index (χ4v) is 3.72. The number of fused-ring (bicyclic) bond motifs is 1. The lowest BCUT2D eigenvalue weighted by molar-refractivity contribution is -0.123. The van der Waals surface area contributed by atoms with E-state index in [-0.39, 0.29) is 6.54 Å². The number of anilines is 2. The molecular formula is C22H23N5O5. The molecule has 2 atom stereocenters. The second-order valence-electron chi connectivity index (χ2n) is 7.38. The molecule has 4 rings (SSSR count). The van der Waals surface area contributed by atoms with Crippen LogP contribution in [0.1, 0.15) is 12.5 Å². The first-order valence-electron chi connectivity index (χ1n) is 10.2. The lowest BCUT2D eigenvalue weighted by atomic mass is 10.1. The molecule has 2 aliphatic heterocycles. The molecule has 0 saturated carbocycles. The zero-order chi connectivity index (χ0) is 22.8. The standard InChI is InChI=1S/C22H23N5O5/c1-4-32-15-8-6-14(7-9-15)27-21(29)19-20(22(27)30)26(25-24-19)12-18(28)23-16-11-13(2)5-10-17(16)31-3/h5-11,19-20H,4,12H2,1-3H3,(H,23,28)/t19-,20+/m0/s1. The van der Waals surface area contributed by atoms with Crippen LogP contribution in [0.25, 0.3) is 0 Å². The van der Waals surface area contributed by atoms with Crippen LogP contribution in [-0.2, 0) is 14.4 Å². The highest BCUT2D eigenvalue weighted by Gasteiger charge is 2.55. The van der Waals surface area contributed by atoms with Gasteiger partial charge < -0.3 is 14.8 Å². The highest BCUT2D eigenvalue weighted by atomic mass is 16.5. The molecule has 166 valence electrons. The molecule has 0 bridgehead atoms.